The average molecular weight is 1260 g/mol. The number of aliphatic hydroxyl groups excluding tert-OH is 2. The van der Waals surface area contributed by atoms with Crippen LogP contribution in [-0.4, -0.2) is 58.6 Å². The van der Waals surface area contributed by atoms with Gasteiger partial charge in [-0.25, -0.2) is 14.4 Å². The molecule has 504 valence electrons. The Morgan fingerprint density at radius 2 is 0.870 bits per heavy atom. The molecule has 92 heavy (non-hydrogen) atoms. The lowest BCUT2D eigenvalue weighted by Gasteiger charge is -2.73. The summed E-state index contributed by atoms with van der Waals surface area (Å²) in [5.74, 6) is 4.82. The molecule has 3 N–H and O–H groups in total. The maximum Gasteiger partial charge on any atom is 0.338 e. The van der Waals surface area contributed by atoms with Gasteiger partial charge in [0.15, 0.2) is 0 Å². The van der Waals surface area contributed by atoms with Crippen LogP contribution in [-0.2, 0) is 9.47 Å². The van der Waals surface area contributed by atoms with Gasteiger partial charge in [0, 0.05) is 17.4 Å². The van der Waals surface area contributed by atoms with Crippen LogP contribution in [0.2, 0.25) is 0 Å². The fourth-order valence-electron chi connectivity index (χ4n) is 25.8. The first-order chi connectivity index (χ1) is 43.1. The van der Waals surface area contributed by atoms with Crippen molar-refractivity contribution in [1.29, 1.82) is 0 Å². The molecule has 0 radical (unpaired) electrons. The topological polar surface area (TPSA) is 130 Å². The van der Waals surface area contributed by atoms with Crippen molar-refractivity contribution in [2.75, 3.05) is 13.2 Å². The monoisotopic (exact) mass is 1260 g/mol. The summed E-state index contributed by atoms with van der Waals surface area (Å²) in [4.78, 5) is 37.0. The lowest BCUT2D eigenvalue weighted by Crippen LogP contribution is -2.67. The van der Waals surface area contributed by atoms with Crippen LogP contribution in [0.25, 0.3) is 0 Å². The number of carbonyl (C=O) groups excluding carboxylic acids is 2. The van der Waals surface area contributed by atoms with Crippen LogP contribution in [0.1, 0.15) is 259 Å². The number of fused-ring (bicyclic) bond motifs is 14. The Bertz CT molecular complexity index is 3250. The first-order valence-corrected chi connectivity index (χ1v) is 36.5. The molecule has 0 aliphatic heterocycles. The van der Waals surface area contributed by atoms with Crippen molar-refractivity contribution in [2.24, 2.45) is 113 Å². The Hall–Kier alpha value is -4.53. The van der Waals surface area contributed by atoms with Crippen LogP contribution >= 0.6 is 0 Å². The van der Waals surface area contributed by atoms with E-state index < -0.39 is 5.97 Å². The molecule has 10 fully saturated rings. The van der Waals surface area contributed by atoms with Gasteiger partial charge in [0.2, 0.25) is 0 Å². The summed E-state index contributed by atoms with van der Waals surface area (Å²) >= 11 is 0. The standard InChI is InChI=1S/C46H62O4.C30H50O2.C8H8O2/c1-29(2)34-20-25-46(28-49-40(47)32-14-10-30(3)11-15-32)27-26-44(8)35(39(34)46)18-19-37-43(7)23-22-38(42(5,6)36(43)21-24-45(37,44)9)50-41(48)33-16-12-31(4)13-17-33;1-19(2)20-10-15-30(18-31)17-16-28(6)21(25(20)30)8-9-23-27(5)13-12-24(32)26(3,4)22(27)11-14-29(23,28)7;1-6-2-4-7(5-3-6)8(9)10/h10-17,34-39H,1,18-28H2,2-9H3;20-25,31-32H,1,8-18H2,2-7H3;2-5H,1H3,(H,9,10)/t34-,35+,36-,37+,38-,39+,43-,44+,45+,46+;20-,21+,22-,23+,24-,25+,27-,28+,29+,30+;/m00./s1. The number of aromatic carboxylic acids is 1. The molecule has 0 saturated heterocycles. The quantitative estimate of drug-likeness (QED) is 0.143. The summed E-state index contributed by atoms with van der Waals surface area (Å²) in [6, 6.07) is 22.3. The largest absolute Gasteiger partial charge is 0.478 e. The van der Waals surface area contributed by atoms with Crippen molar-refractivity contribution in [3.8, 4) is 0 Å². The van der Waals surface area contributed by atoms with Crippen molar-refractivity contribution in [3.63, 3.8) is 0 Å². The summed E-state index contributed by atoms with van der Waals surface area (Å²) in [6.45, 7) is 45.8. The zero-order chi connectivity index (χ0) is 66.7. The number of ether oxygens (including phenoxy) is 2. The van der Waals surface area contributed by atoms with Crippen molar-refractivity contribution in [3.05, 3.63) is 130 Å². The van der Waals surface area contributed by atoms with Gasteiger partial charge in [-0.1, -0.05) is 147 Å². The first kappa shape index (κ1) is 68.8. The molecule has 10 saturated carbocycles. The number of hydrogen-bond acceptors (Lipinski definition) is 7. The van der Waals surface area contributed by atoms with E-state index in [9.17, 15) is 24.6 Å². The third-order valence-electron chi connectivity index (χ3n) is 31.3. The van der Waals surface area contributed by atoms with Gasteiger partial charge in [0.05, 0.1) is 29.4 Å². The van der Waals surface area contributed by atoms with Gasteiger partial charge in [-0.05, 0) is 302 Å². The third-order valence-corrected chi connectivity index (χ3v) is 31.3. The van der Waals surface area contributed by atoms with Crippen LogP contribution in [0, 0.1) is 134 Å². The molecule has 3 aromatic rings. The van der Waals surface area contributed by atoms with E-state index in [2.05, 4.69) is 96.2 Å². The van der Waals surface area contributed by atoms with Crippen molar-refractivity contribution in [1.82, 2.24) is 0 Å². The minimum Gasteiger partial charge on any atom is -0.478 e. The van der Waals surface area contributed by atoms with Crippen molar-refractivity contribution >= 4 is 17.9 Å². The van der Waals surface area contributed by atoms with Gasteiger partial charge >= 0.3 is 17.9 Å². The van der Waals surface area contributed by atoms with E-state index in [4.69, 9.17) is 14.6 Å². The Morgan fingerprint density at radius 3 is 1.33 bits per heavy atom. The molecule has 10 aliphatic rings. The zero-order valence-electron chi connectivity index (χ0n) is 59.7. The van der Waals surface area contributed by atoms with Crippen molar-refractivity contribution in [2.45, 2.75) is 244 Å². The maximum atomic E-state index is 13.3. The highest BCUT2D eigenvalue weighted by molar-refractivity contribution is 5.90. The van der Waals surface area contributed by atoms with Gasteiger partial charge in [0.25, 0.3) is 0 Å². The number of carbonyl (C=O) groups is 3. The molecule has 0 unspecified atom stereocenters. The number of rotatable bonds is 9. The summed E-state index contributed by atoms with van der Waals surface area (Å²) < 4.78 is 12.6. The second-order valence-corrected chi connectivity index (χ2v) is 35.9. The summed E-state index contributed by atoms with van der Waals surface area (Å²) in [5, 5.41) is 30.0. The number of aliphatic hydroxyl groups is 2. The Balaban J connectivity index is 0.000000175. The summed E-state index contributed by atoms with van der Waals surface area (Å²) in [5.41, 5.74) is 9.53. The third kappa shape index (κ3) is 10.9. The predicted molar refractivity (Wildman–Crippen MR) is 371 cm³/mol. The molecule has 0 heterocycles. The molecule has 10 aliphatic carbocycles. The molecule has 0 amide bonds. The second-order valence-electron chi connectivity index (χ2n) is 35.9. The molecule has 3 aromatic carbocycles. The Morgan fingerprint density at radius 1 is 0.457 bits per heavy atom. The minimum atomic E-state index is -0.875. The van der Waals surface area contributed by atoms with E-state index in [-0.39, 0.29) is 62.1 Å². The first-order valence-electron chi connectivity index (χ1n) is 36.5. The van der Waals surface area contributed by atoms with Gasteiger partial charge in [-0.15, -0.1) is 0 Å². The highest BCUT2D eigenvalue weighted by atomic mass is 16.5. The number of carboxylic acids is 1. The maximum absolute atomic E-state index is 13.3. The van der Waals surface area contributed by atoms with Crippen LogP contribution in [0.3, 0.4) is 0 Å². The van der Waals surface area contributed by atoms with Crippen LogP contribution < -0.4 is 0 Å². The Kier molecular flexibility index (Phi) is 18.4. The lowest BCUT2D eigenvalue weighted by atomic mass is 9.32. The van der Waals surface area contributed by atoms with Crippen LogP contribution in [0.15, 0.2) is 97.1 Å². The average Bonchev–Trinajstić information content (AvgIpc) is 1.38. The van der Waals surface area contributed by atoms with Gasteiger partial charge in [-0.3, -0.25) is 0 Å². The van der Waals surface area contributed by atoms with Crippen molar-refractivity contribution < 1.29 is 39.2 Å². The van der Waals surface area contributed by atoms with Gasteiger partial charge < -0.3 is 24.8 Å². The number of esters is 2. The normalized spacial score (nSPS) is 42.4. The Labute approximate surface area is 555 Å². The van der Waals surface area contributed by atoms with E-state index in [0.717, 1.165) is 67.1 Å². The van der Waals surface area contributed by atoms with E-state index in [0.29, 0.717) is 93.5 Å². The number of benzene rings is 3. The molecule has 8 heteroatoms. The SMILES string of the molecule is C=C(C)[C@@H]1CC[C@]2(CO)CC[C@]3(C)[C@H](CC[C@@H]4[C@@]5(C)CC[C@H](O)C(C)(C)[C@@H]5CC[C@]43C)[C@@H]12.C=C(C)[C@@H]1CC[C@]2(COC(=O)c3ccc(C)cc3)CC[C@]3(C)[C@H](CC[C@@H]4[C@@]5(C)CC[C@H](OC(=O)c6ccc(C)cc6)C(C)(C)[C@@H]5CC[C@]43C)[C@@H]12.Cc1ccc(C(=O)O)cc1. The number of allylic oxidation sites excluding steroid dienone is 2. The van der Waals surface area contributed by atoms with E-state index >= 15 is 0 Å². The summed E-state index contributed by atoms with van der Waals surface area (Å²) in [6.07, 6.45) is 23.7. The minimum absolute atomic E-state index is 0.0276. The van der Waals surface area contributed by atoms with Crippen LogP contribution in [0.4, 0.5) is 0 Å². The van der Waals surface area contributed by atoms with E-state index in [1.54, 1.807) is 24.3 Å². The zero-order valence-corrected chi connectivity index (χ0v) is 59.7. The molecule has 8 nitrogen and oxygen atoms in total. The highest BCUT2D eigenvalue weighted by Gasteiger charge is 2.73. The molecular weight excluding hydrogens is 1140 g/mol. The van der Waals surface area contributed by atoms with Gasteiger partial charge in [-0.2, -0.15) is 0 Å². The fourth-order valence-corrected chi connectivity index (χ4v) is 25.8. The number of aryl methyl sites for hydroxylation is 3. The molecule has 0 bridgehead atoms. The van der Waals surface area contributed by atoms with Gasteiger partial charge in [0.1, 0.15) is 6.10 Å². The molecule has 20 atom stereocenters. The summed E-state index contributed by atoms with van der Waals surface area (Å²) in [7, 11) is 0. The van der Waals surface area contributed by atoms with Crippen LogP contribution in [0.5, 0.6) is 0 Å². The van der Waals surface area contributed by atoms with E-state index in [1.165, 1.54) is 101 Å². The highest BCUT2D eigenvalue weighted by Crippen LogP contribution is 2.80. The molecular formula is C84H120O8. The molecule has 0 aromatic heterocycles. The smallest absolute Gasteiger partial charge is 0.338 e. The second kappa shape index (κ2) is 24.5. The number of carboxylic acid groups (broad SMARTS) is 1. The van der Waals surface area contributed by atoms with E-state index in [1.807, 2.05) is 69.3 Å². The lowest BCUT2D eigenvalue weighted by molar-refractivity contribution is -0.249. The predicted octanol–water partition coefficient (Wildman–Crippen LogP) is 20.0. The molecule has 0 spiro atoms. The number of hydrogen-bond donors (Lipinski definition) is 3. The molecule has 13 rings (SSSR count). The fraction of sp³-hybridized carbons (Fsp3) is 0.702.